The lowest BCUT2D eigenvalue weighted by Crippen LogP contribution is -2.52. The summed E-state index contributed by atoms with van der Waals surface area (Å²) in [4.78, 5) is 36.4. The Morgan fingerprint density at radius 1 is 1.04 bits per heavy atom. The number of aromatic nitrogens is 2. The first kappa shape index (κ1) is 16.9. The van der Waals surface area contributed by atoms with Gasteiger partial charge in [0.25, 0.3) is 0 Å². The van der Waals surface area contributed by atoms with Crippen LogP contribution < -0.4 is 10.2 Å². The molecule has 1 fully saturated rings. The lowest BCUT2D eigenvalue weighted by Gasteiger charge is -2.34. The molecule has 0 bridgehead atoms. The molecule has 3 rings (SSSR count). The minimum Gasteiger partial charge on any atom is -0.344 e. The number of carbonyl (C=O) groups is 2. The summed E-state index contributed by atoms with van der Waals surface area (Å²) < 4.78 is 0. The first-order chi connectivity index (χ1) is 12.1. The number of piperazine rings is 1. The Morgan fingerprint density at radius 2 is 1.68 bits per heavy atom. The van der Waals surface area contributed by atoms with Gasteiger partial charge >= 0.3 is 11.8 Å². The average Bonchev–Trinajstić information content (AvgIpc) is 2.67. The van der Waals surface area contributed by atoms with E-state index in [1.165, 1.54) is 0 Å². The van der Waals surface area contributed by atoms with E-state index in [0.717, 1.165) is 11.1 Å². The zero-order chi connectivity index (χ0) is 17.6. The van der Waals surface area contributed by atoms with Crippen molar-refractivity contribution in [2.24, 2.45) is 0 Å². The molecule has 7 nitrogen and oxygen atoms in total. The van der Waals surface area contributed by atoms with E-state index in [9.17, 15) is 9.59 Å². The molecule has 7 heteroatoms. The van der Waals surface area contributed by atoms with E-state index in [0.29, 0.717) is 38.7 Å². The number of hydrogen-bond acceptors (Lipinski definition) is 5. The summed E-state index contributed by atoms with van der Waals surface area (Å²) in [6.45, 7) is 4.54. The summed E-state index contributed by atoms with van der Waals surface area (Å²) in [6.07, 6.45) is 3.39. The quantitative estimate of drug-likeness (QED) is 0.835. The number of hydrogen-bond donors (Lipinski definition) is 1. The van der Waals surface area contributed by atoms with E-state index in [1.807, 2.05) is 36.1 Å². The van der Waals surface area contributed by atoms with E-state index in [2.05, 4.69) is 15.3 Å². The molecule has 2 heterocycles. The average molecular weight is 339 g/mol. The molecule has 0 unspecified atom stereocenters. The molecule has 0 aliphatic carbocycles. The van der Waals surface area contributed by atoms with Gasteiger partial charge in [-0.25, -0.2) is 9.97 Å². The fourth-order valence-electron chi connectivity index (χ4n) is 2.67. The molecule has 1 aromatic heterocycles. The number of aryl methyl sites for hydroxylation is 1. The highest BCUT2D eigenvalue weighted by atomic mass is 16.2. The van der Waals surface area contributed by atoms with E-state index >= 15 is 0 Å². The Morgan fingerprint density at radius 3 is 2.32 bits per heavy atom. The van der Waals surface area contributed by atoms with Crippen molar-refractivity contribution < 1.29 is 9.59 Å². The Kier molecular flexibility index (Phi) is 5.23. The maximum atomic E-state index is 12.3. The fraction of sp³-hybridized carbons (Fsp3) is 0.333. The number of nitrogens with one attached hydrogen (secondary N) is 1. The molecule has 1 N–H and O–H groups in total. The van der Waals surface area contributed by atoms with Crippen molar-refractivity contribution in [2.45, 2.75) is 13.5 Å². The molecule has 1 aromatic carbocycles. The second-order valence-corrected chi connectivity index (χ2v) is 6.00. The van der Waals surface area contributed by atoms with Gasteiger partial charge in [0.1, 0.15) is 0 Å². The van der Waals surface area contributed by atoms with Crippen molar-refractivity contribution >= 4 is 17.8 Å². The Balaban J connectivity index is 1.48. The van der Waals surface area contributed by atoms with E-state index in [4.69, 9.17) is 0 Å². The second kappa shape index (κ2) is 7.74. The third-order valence-corrected chi connectivity index (χ3v) is 4.17. The minimum absolute atomic E-state index is 0.350. The molecule has 130 valence electrons. The van der Waals surface area contributed by atoms with Crippen molar-refractivity contribution in [1.29, 1.82) is 0 Å². The van der Waals surface area contributed by atoms with Gasteiger partial charge in [-0.15, -0.1) is 0 Å². The maximum Gasteiger partial charge on any atom is 0.312 e. The van der Waals surface area contributed by atoms with Crippen LogP contribution in [-0.2, 0) is 16.1 Å². The van der Waals surface area contributed by atoms with Crippen molar-refractivity contribution in [3.8, 4) is 0 Å². The van der Waals surface area contributed by atoms with Gasteiger partial charge in [0, 0.05) is 45.1 Å². The molecular formula is C18H21N5O2. The summed E-state index contributed by atoms with van der Waals surface area (Å²) >= 11 is 0. The number of carbonyl (C=O) groups excluding carboxylic acids is 2. The molecule has 1 aliphatic rings. The van der Waals surface area contributed by atoms with Crippen LogP contribution >= 0.6 is 0 Å². The Bertz CT molecular complexity index is 725. The Hall–Kier alpha value is -2.96. The van der Waals surface area contributed by atoms with E-state index in [1.54, 1.807) is 23.4 Å². The highest BCUT2D eigenvalue weighted by Crippen LogP contribution is 2.10. The van der Waals surface area contributed by atoms with Gasteiger partial charge in [-0.05, 0) is 18.6 Å². The van der Waals surface area contributed by atoms with E-state index in [-0.39, 0.29) is 0 Å². The van der Waals surface area contributed by atoms with Crippen LogP contribution in [0.4, 0.5) is 5.95 Å². The first-order valence-electron chi connectivity index (χ1n) is 8.28. The number of rotatable bonds is 3. The van der Waals surface area contributed by atoms with Crippen molar-refractivity contribution in [2.75, 3.05) is 31.1 Å². The topological polar surface area (TPSA) is 78.4 Å². The molecule has 0 spiro atoms. The number of amides is 2. The highest BCUT2D eigenvalue weighted by molar-refractivity contribution is 6.35. The molecule has 1 aliphatic heterocycles. The fourth-order valence-corrected chi connectivity index (χ4v) is 2.67. The summed E-state index contributed by atoms with van der Waals surface area (Å²) in [6, 6.07) is 9.61. The van der Waals surface area contributed by atoms with Gasteiger partial charge in [-0.2, -0.15) is 0 Å². The van der Waals surface area contributed by atoms with Crippen LogP contribution in [0.25, 0.3) is 0 Å². The molecule has 2 amide bonds. The first-order valence-corrected chi connectivity index (χ1v) is 8.28. The largest absolute Gasteiger partial charge is 0.344 e. The smallest absolute Gasteiger partial charge is 0.312 e. The van der Waals surface area contributed by atoms with Crippen molar-refractivity contribution in [3.05, 3.63) is 53.9 Å². The van der Waals surface area contributed by atoms with Crippen LogP contribution in [0, 0.1) is 6.92 Å². The normalized spacial score (nSPS) is 14.3. The Labute approximate surface area is 146 Å². The van der Waals surface area contributed by atoms with Crippen molar-refractivity contribution in [3.63, 3.8) is 0 Å². The van der Waals surface area contributed by atoms with Crippen LogP contribution in [0.3, 0.4) is 0 Å². The molecule has 2 aromatic rings. The number of benzene rings is 1. The summed E-state index contributed by atoms with van der Waals surface area (Å²) in [5, 5.41) is 2.69. The van der Waals surface area contributed by atoms with E-state index < -0.39 is 11.8 Å². The van der Waals surface area contributed by atoms with Gasteiger partial charge in [0.2, 0.25) is 5.95 Å². The third-order valence-electron chi connectivity index (χ3n) is 4.17. The zero-order valence-electron chi connectivity index (χ0n) is 14.2. The lowest BCUT2D eigenvalue weighted by molar-refractivity contribution is -0.146. The molecule has 25 heavy (non-hydrogen) atoms. The maximum absolute atomic E-state index is 12.3. The summed E-state index contributed by atoms with van der Waals surface area (Å²) in [5.74, 6) is -0.399. The second-order valence-electron chi connectivity index (χ2n) is 6.00. The molecule has 0 atom stereocenters. The van der Waals surface area contributed by atoms with Crippen LogP contribution in [0.2, 0.25) is 0 Å². The number of anilines is 1. The lowest BCUT2D eigenvalue weighted by atomic mass is 10.1. The molecule has 0 radical (unpaired) electrons. The van der Waals surface area contributed by atoms with Gasteiger partial charge < -0.3 is 15.1 Å². The van der Waals surface area contributed by atoms with Gasteiger partial charge in [-0.1, -0.05) is 29.8 Å². The summed E-state index contributed by atoms with van der Waals surface area (Å²) in [7, 11) is 0. The molecule has 0 saturated carbocycles. The SMILES string of the molecule is Cc1ccc(CNC(=O)C(=O)N2CCN(c3ncccn3)CC2)cc1. The standard InChI is InChI=1S/C18H21N5O2/c1-14-3-5-15(6-4-14)13-21-16(24)17(25)22-9-11-23(12-10-22)18-19-7-2-8-20-18/h2-8H,9-13H2,1H3,(H,21,24). The predicted molar refractivity (Wildman–Crippen MR) is 93.9 cm³/mol. The van der Waals surface area contributed by atoms with Crippen LogP contribution in [0.5, 0.6) is 0 Å². The summed E-state index contributed by atoms with van der Waals surface area (Å²) in [5.41, 5.74) is 2.13. The highest BCUT2D eigenvalue weighted by Gasteiger charge is 2.26. The predicted octanol–water partition coefficient (Wildman–Crippen LogP) is 0.750. The van der Waals surface area contributed by atoms with Crippen LogP contribution in [-0.4, -0.2) is 52.9 Å². The van der Waals surface area contributed by atoms with Crippen LogP contribution in [0.15, 0.2) is 42.7 Å². The van der Waals surface area contributed by atoms with Gasteiger partial charge in [0.05, 0.1) is 0 Å². The molecular weight excluding hydrogens is 318 g/mol. The van der Waals surface area contributed by atoms with Gasteiger partial charge in [-0.3, -0.25) is 9.59 Å². The van der Waals surface area contributed by atoms with Gasteiger partial charge in [0.15, 0.2) is 0 Å². The van der Waals surface area contributed by atoms with Crippen molar-refractivity contribution in [1.82, 2.24) is 20.2 Å². The minimum atomic E-state index is -0.565. The molecule has 1 saturated heterocycles. The van der Waals surface area contributed by atoms with Crippen LogP contribution in [0.1, 0.15) is 11.1 Å². The monoisotopic (exact) mass is 339 g/mol. The number of nitrogens with zero attached hydrogens (tertiary/aromatic N) is 4. The zero-order valence-corrected chi connectivity index (χ0v) is 14.2. The third kappa shape index (κ3) is 4.32.